The van der Waals surface area contributed by atoms with Crippen LogP contribution < -0.4 is 5.32 Å². The van der Waals surface area contributed by atoms with Gasteiger partial charge in [0, 0.05) is 11.6 Å². The molecular weight excluding hydrogens is 334 g/mol. The van der Waals surface area contributed by atoms with Gasteiger partial charge in [0.25, 0.3) is 0 Å². The van der Waals surface area contributed by atoms with E-state index < -0.39 is 30.0 Å². The van der Waals surface area contributed by atoms with Gasteiger partial charge in [-0.15, -0.1) is 0 Å². The number of carbonyl (C=O) groups excluding carboxylic acids is 3. The fraction of sp³-hybridized carbons (Fsp3) is 0.438. The van der Waals surface area contributed by atoms with Crippen LogP contribution in [0.4, 0.5) is 9.59 Å². The van der Waals surface area contributed by atoms with E-state index in [1.807, 2.05) is 12.1 Å². The number of esters is 1. The molecule has 1 aliphatic heterocycles. The molecule has 0 spiro atoms. The maximum Gasteiger partial charge on any atom is 0.330 e. The second kappa shape index (κ2) is 7.53. The molecule has 2 rings (SSSR count). The van der Waals surface area contributed by atoms with Gasteiger partial charge >= 0.3 is 18.0 Å². The molecule has 1 N–H and O–H groups in total. The van der Waals surface area contributed by atoms with Crippen LogP contribution in [0.1, 0.15) is 19.4 Å². The molecule has 130 valence electrons. The van der Waals surface area contributed by atoms with Crippen LogP contribution in [0.5, 0.6) is 0 Å². The predicted octanol–water partition coefficient (Wildman–Crippen LogP) is 2.44. The molecular formula is C16H20ClN3O4. The molecule has 0 aliphatic carbocycles. The van der Waals surface area contributed by atoms with Gasteiger partial charge in [-0.25, -0.2) is 14.5 Å². The van der Waals surface area contributed by atoms with Gasteiger partial charge in [0.05, 0.1) is 25.7 Å². The van der Waals surface area contributed by atoms with Crippen molar-refractivity contribution in [3.63, 3.8) is 0 Å². The summed E-state index contributed by atoms with van der Waals surface area (Å²) in [5.74, 6) is -1.10. The minimum absolute atomic E-state index is 0.107. The lowest BCUT2D eigenvalue weighted by atomic mass is 10.0. The smallest absolute Gasteiger partial charge is 0.330 e. The zero-order chi connectivity index (χ0) is 17.9. The standard InChI is InChI=1S/C16H20ClN3O4/c1-10(14(21)24-3)11(2)20-15(22)18-9-19(16(20)23)8-12-4-6-13(17)7-5-12/h4-7,10-11H,8-9H2,1-3H3,(H,18,22)/t10-,11+/m1/s1. The van der Waals surface area contributed by atoms with Crippen molar-refractivity contribution in [1.82, 2.24) is 15.1 Å². The number of nitrogens with zero attached hydrogens (tertiary/aromatic N) is 2. The molecule has 1 aliphatic rings. The molecule has 4 amide bonds. The molecule has 1 aromatic carbocycles. The van der Waals surface area contributed by atoms with E-state index >= 15 is 0 Å². The molecule has 7 nitrogen and oxygen atoms in total. The molecule has 1 saturated heterocycles. The Balaban J connectivity index is 2.14. The highest BCUT2D eigenvalue weighted by atomic mass is 35.5. The summed E-state index contributed by atoms with van der Waals surface area (Å²) in [6.45, 7) is 3.70. The number of carbonyl (C=O) groups is 3. The second-order valence-corrected chi connectivity index (χ2v) is 6.11. The lowest BCUT2D eigenvalue weighted by Gasteiger charge is -2.39. The van der Waals surface area contributed by atoms with Crippen LogP contribution in [-0.2, 0) is 16.1 Å². The normalized spacial score (nSPS) is 17.3. The highest BCUT2D eigenvalue weighted by molar-refractivity contribution is 6.30. The number of amides is 4. The van der Waals surface area contributed by atoms with Gasteiger partial charge in [0.1, 0.15) is 0 Å². The van der Waals surface area contributed by atoms with E-state index in [0.717, 1.165) is 10.5 Å². The van der Waals surface area contributed by atoms with E-state index in [1.165, 1.54) is 12.0 Å². The highest BCUT2D eigenvalue weighted by Crippen LogP contribution is 2.19. The number of rotatable bonds is 5. The number of hydrogen-bond donors (Lipinski definition) is 1. The Morgan fingerprint density at radius 3 is 2.50 bits per heavy atom. The largest absolute Gasteiger partial charge is 0.469 e. The Kier molecular flexibility index (Phi) is 5.66. The Hall–Kier alpha value is -2.28. The first kappa shape index (κ1) is 18.1. The summed E-state index contributed by atoms with van der Waals surface area (Å²) in [5, 5.41) is 3.26. The van der Waals surface area contributed by atoms with E-state index in [4.69, 9.17) is 16.3 Å². The summed E-state index contributed by atoms with van der Waals surface area (Å²) in [4.78, 5) is 39.0. The maximum atomic E-state index is 12.7. The zero-order valence-electron chi connectivity index (χ0n) is 13.8. The fourth-order valence-electron chi connectivity index (χ4n) is 2.45. The van der Waals surface area contributed by atoms with Crippen LogP contribution in [0.15, 0.2) is 24.3 Å². The highest BCUT2D eigenvalue weighted by Gasteiger charge is 2.39. The average Bonchev–Trinajstić information content (AvgIpc) is 2.57. The summed E-state index contributed by atoms with van der Waals surface area (Å²) < 4.78 is 4.69. The molecule has 0 radical (unpaired) electrons. The summed E-state index contributed by atoms with van der Waals surface area (Å²) in [6.07, 6.45) is 0. The van der Waals surface area contributed by atoms with Crippen molar-refractivity contribution in [1.29, 1.82) is 0 Å². The SMILES string of the molecule is COC(=O)[C@H](C)[C@H](C)N1C(=O)NCN(Cc2ccc(Cl)cc2)C1=O. The Morgan fingerprint density at radius 1 is 1.29 bits per heavy atom. The van der Waals surface area contributed by atoms with Crippen LogP contribution in [0.3, 0.4) is 0 Å². The number of urea groups is 2. The van der Waals surface area contributed by atoms with Crippen LogP contribution in [0.25, 0.3) is 0 Å². The quantitative estimate of drug-likeness (QED) is 0.825. The first-order chi connectivity index (χ1) is 11.3. The van der Waals surface area contributed by atoms with Crippen LogP contribution >= 0.6 is 11.6 Å². The molecule has 2 atom stereocenters. The number of methoxy groups -OCH3 is 1. The molecule has 8 heteroatoms. The first-order valence-corrected chi connectivity index (χ1v) is 7.91. The summed E-state index contributed by atoms with van der Waals surface area (Å²) >= 11 is 5.86. The van der Waals surface area contributed by atoms with Gasteiger partial charge in [-0.05, 0) is 31.5 Å². The number of ether oxygens (including phenoxy) is 1. The summed E-state index contributed by atoms with van der Waals surface area (Å²) in [7, 11) is 1.27. The van der Waals surface area contributed by atoms with E-state index in [9.17, 15) is 14.4 Å². The molecule has 0 unspecified atom stereocenters. The molecule has 1 fully saturated rings. The van der Waals surface area contributed by atoms with E-state index in [-0.39, 0.29) is 6.67 Å². The number of hydrogen-bond acceptors (Lipinski definition) is 4. The second-order valence-electron chi connectivity index (χ2n) is 5.67. The van der Waals surface area contributed by atoms with Gasteiger partial charge in [-0.2, -0.15) is 0 Å². The monoisotopic (exact) mass is 353 g/mol. The van der Waals surface area contributed by atoms with Crippen molar-refractivity contribution in [2.45, 2.75) is 26.4 Å². The Morgan fingerprint density at radius 2 is 1.92 bits per heavy atom. The van der Waals surface area contributed by atoms with Crippen molar-refractivity contribution >= 4 is 29.6 Å². The first-order valence-electron chi connectivity index (χ1n) is 7.53. The third kappa shape index (κ3) is 3.79. The lowest BCUT2D eigenvalue weighted by Crippen LogP contribution is -2.62. The van der Waals surface area contributed by atoms with Gasteiger partial charge in [-0.1, -0.05) is 23.7 Å². The maximum absolute atomic E-state index is 12.7. The van der Waals surface area contributed by atoms with E-state index in [1.54, 1.807) is 26.0 Å². The van der Waals surface area contributed by atoms with Crippen LogP contribution in [-0.4, -0.2) is 47.7 Å². The molecule has 0 bridgehead atoms. The molecule has 0 aromatic heterocycles. The van der Waals surface area contributed by atoms with Crippen molar-refractivity contribution in [2.75, 3.05) is 13.8 Å². The number of halogens is 1. The van der Waals surface area contributed by atoms with Crippen molar-refractivity contribution in [3.05, 3.63) is 34.9 Å². The van der Waals surface area contributed by atoms with E-state index in [2.05, 4.69) is 5.32 Å². The van der Waals surface area contributed by atoms with Gasteiger partial charge in [0.2, 0.25) is 0 Å². The van der Waals surface area contributed by atoms with Gasteiger partial charge in [-0.3, -0.25) is 4.79 Å². The van der Waals surface area contributed by atoms with Gasteiger partial charge in [0.15, 0.2) is 0 Å². The summed E-state index contributed by atoms with van der Waals surface area (Å²) in [5.41, 5.74) is 0.887. The molecule has 0 saturated carbocycles. The molecule has 24 heavy (non-hydrogen) atoms. The average molecular weight is 354 g/mol. The summed E-state index contributed by atoms with van der Waals surface area (Å²) in [6, 6.07) is 5.52. The zero-order valence-corrected chi connectivity index (χ0v) is 14.5. The van der Waals surface area contributed by atoms with Crippen LogP contribution in [0.2, 0.25) is 5.02 Å². The van der Waals surface area contributed by atoms with Crippen molar-refractivity contribution in [2.24, 2.45) is 5.92 Å². The topological polar surface area (TPSA) is 79.0 Å². The Bertz CT molecular complexity index is 635. The van der Waals surface area contributed by atoms with Gasteiger partial charge < -0.3 is 15.0 Å². The minimum Gasteiger partial charge on any atom is -0.469 e. The van der Waals surface area contributed by atoms with Crippen LogP contribution in [0, 0.1) is 5.92 Å². The van der Waals surface area contributed by atoms with Crippen molar-refractivity contribution < 1.29 is 19.1 Å². The number of benzene rings is 1. The Labute approximate surface area is 145 Å². The fourth-order valence-corrected chi connectivity index (χ4v) is 2.58. The predicted molar refractivity (Wildman–Crippen MR) is 88.3 cm³/mol. The molecule has 1 aromatic rings. The van der Waals surface area contributed by atoms with Crippen molar-refractivity contribution in [3.8, 4) is 0 Å². The van der Waals surface area contributed by atoms with E-state index in [0.29, 0.717) is 11.6 Å². The third-order valence-corrected chi connectivity index (χ3v) is 4.36. The molecule has 1 heterocycles. The number of imide groups is 1. The minimum atomic E-state index is -0.627. The number of nitrogens with one attached hydrogen (secondary N) is 1. The third-order valence-electron chi connectivity index (χ3n) is 4.11. The lowest BCUT2D eigenvalue weighted by molar-refractivity contribution is -0.146.